The Morgan fingerprint density at radius 1 is 1.09 bits per heavy atom. The lowest BCUT2D eigenvalue weighted by atomic mass is 10.2. The summed E-state index contributed by atoms with van der Waals surface area (Å²) < 4.78 is 41.9. The van der Waals surface area contributed by atoms with Gasteiger partial charge in [0.15, 0.2) is 11.6 Å². The Morgan fingerprint density at radius 3 is 2.59 bits per heavy atom. The summed E-state index contributed by atoms with van der Waals surface area (Å²) in [6.45, 7) is 0.254. The van der Waals surface area contributed by atoms with Gasteiger partial charge >= 0.3 is 0 Å². The van der Waals surface area contributed by atoms with E-state index in [1.807, 2.05) is 6.07 Å². The van der Waals surface area contributed by atoms with Crippen LogP contribution in [0.3, 0.4) is 0 Å². The van der Waals surface area contributed by atoms with Crippen LogP contribution in [-0.4, -0.2) is 9.55 Å². The van der Waals surface area contributed by atoms with Gasteiger partial charge in [0.25, 0.3) is 0 Å². The standard InChI is InChI=1S/C16H10F3N3/c17-11-4-1-3-10(7-11)16-21-14-8-12(18)13(19)9-15(14)22(16)6-2-5-20/h1,3-4,7-9H,2,6H2. The molecule has 0 radical (unpaired) electrons. The molecule has 0 saturated heterocycles. The van der Waals surface area contributed by atoms with Crippen molar-refractivity contribution in [3.05, 3.63) is 53.8 Å². The molecular weight excluding hydrogens is 291 g/mol. The van der Waals surface area contributed by atoms with Crippen molar-refractivity contribution in [2.75, 3.05) is 0 Å². The second kappa shape index (κ2) is 5.53. The quantitative estimate of drug-likeness (QED) is 0.732. The first-order valence-corrected chi connectivity index (χ1v) is 6.58. The lowest BCUT2D eigenvalue weighted by Gasteiger charge is -2.07. The molecule has 0 fully saturated rings. The average molecular weight is 301 g/mol. The zero-order chi connectivity index (χ0) is 15.7. The van der Waals surface area contributed by atoms with Crippen molar-refractivity contribution >= 4 is 11.0 Å². The van der Waals surface area contributed by atoms with Crippen molar-refractivity contribution in [2.24, 2.45) is 0 Å². The molecule has 0 aliphatic carbocycles. The van der Waals surface area contributed by atoms with Crippen molar-refractivity contribution < 1.29 is 13.2 Å². The first-order chi connectivity index (χ1) is 10.6. The maximum absolute atomic E-state index is 13.5. The summed E-state index contributed by atoms with van der Waals surface area (Å²) in [7, 11) is 0. The van der Waals surface area contributed by atoms with E-state index in [4.69, 9.17) is 5.26 Å². The number of benzene rings is 2. The van der Waals surface area contributed by atoms with Crippen molar-refractivity contribution in [1.82, 2.24) is 9.55 Å². The van der Waals surface area contributed by atoms with Gasteiger partial charge in [-0.25, -0.2) is 18.2 Å². The highest BCUT2D eigenvalue weighted by atomic mass is 19.2. The third kappa shape index (κ3) is 2.42. The fourth-order valence-corrected chi connectivity index (χ4v) is 2.36. The van der Waals surface area contributed by atoms with Gasteiger partial charge in [-0.2, -0.15) is 5.26 Å². The van der Waals surface area contributed by atoms with Gasteiger partial charge in [-0.15, -0.1) is 0 Å². The summed E-state index contributed by atoms with van der Waals surface area (Å²) in [6, 6.07) is 9.80. The first kappa shape index (κ1) is 14.1. The summed E-state index contributed by atoms with van der Waals surface area (Å²) >= 11 is 0. The molecule has 0 N–H and O–H groups in total. The third-order valence-corrected chi connectivity index (χ3v) is 3.32. The number of rotatable bonds is 3. The Kier molecular flexibility index (Phi) is 3.55. The number of hydrogen-bond acceptors (Lipinski definition) is 2. The number of aromatic nitrogens is 2. The highest BCUT2D eigenvalue weighted by molar-refractivity contribution is 5.80. The van der Waals surface area contributed by atoms with Crippen LogP contribution in [0, 0.1) is 28.8 Å². The van der Waals surface area contributed by atoms with Gasteiger partial charge in [0, 0.05) is 24.2 Å². The number of nitrogens with zero attached hydrogens (tertiary/aromatic N) is 3. The van der Waals surface area contributed by atoms with Crippen molar-refractivity contribution in [2.45, 2.75) is 13.0 Å². The molecule has 0 amide bonds. The fourth-order valence-electron chi connectivity index (χ4n) is 2.36. The topological polar surface area (TPSA) is 41.6 Å². The Labute approximate surface area is 124 Å². The molecule has 1 heterocycles. The molecule has 22 heavy (non-hydrogen) atoms. The zero-order valence-electron chi connectivity index (χ0n) is 11.4. The SMILES string of the molecule is N#CCCn1c(-c2cccc(F)c2)nc2cc(F)c(F)cc21. The smallest absolute Gasteiger partial charge is 0.161 e. The lowest BCUT2D eigenvalue weighted by Crippen LogP contribution is -2.00. The summed E-state index contributed by atoms with van der Waals surface area (Å²) in [6.07, 6.45) is 0.173. The minimum Gasteiger partial charge on any atom is -0.323 e. The van der Waals surface area contributed by atoms with Gasteiger partial charge in [-0.3, -0.25) is 0 Å². The molecule has 0 aliphatic rings. The van der Waals surface area contributed by atoms with Crippen LogP contribution >= 0.6 is 0 Å². The zero-order valence-corrected chi connectivity index (χ0v) is 11.4. The van der Waals surface area contributed by atoms with Crippen molar-refractivity contribution in [1.29, 1.82) is 5.26 Å². The maximum atomic E-state index is 13.5. The molecule has 3 nitrogen and oxygen atoms in total. The van der Waals surface area contributed by atoms with Crippen LogP contribution in [0.2, 0.25) is 0 Å². The number of hydrogen-bond donors (Lipinski definition) is 0. The van der Waals surface area contributed by atoms with Gasteiger partial charge in [-0.05, 0) is 12.1 Å². The Morgan fingerprint density at radius 2 is 1.86 bits per heavy atom. The predicted molar refractivity (Wildman–Crippen MR) is 75.3 cm³/mol. The molecule has 6 heteroatoms. The van der Waals surface area contributed by atoms with E-state index in [1.54, 1.807) is 10.6 Å². The minimum atomic E-state index is -0.997. The van der Waals surface area contributed by atoms with Crippen LogP contribution in [0.15, 0.2) is 36.4 Å². The molecule has 0 aliphatic heterocycles. The molecule has 3 rings (SSSR count). The van der Waals surface area contributed by atoms with E-state index in [1.165, 1.54) is 18.2 Å². The number of halogens is 3. The molecule has 0 bridgehead atoms. The van der Waals surface area contributed by atoms with E-state index in [9.17, 15) is 13.2 Å². The maximum Gasteiger partial charge on any atom is 0.161 e. The van der Waals surface area contributed by atoms with Crippen LogP contribution < -0.4 is 0 Å². The van der Waals surface area contributed by atoms with E-state index < -0.39 is 17.5 Å². The van der Waals surface area contributed by atoms with Gasteiger partial charge in [0.2, 0.25) is 0 Å². The molecule has 2 aromatic carbocycles. The van der Waals surface area contributed by atoms with E-state index >= 15 is 0 Å². The van der Waals surface area contributed by atoms with E-state index in [2.05, 4.69) is 4.98 Å². The number of aryl methyl sites for hydroxylation is 1. The molecule has 1 aromatic heterocycles. The van der Waals surface area contributed by atoms with E-state index in [0.717, 1.165) is 12.1 Å². The molecule has 3 aromatic rings. The number of nitriles is 1. The summed E-state index contributed by atoms with van der Waals surface area (Å²) in [5.74, 6) is -2.05. The van der Waals surface area contributed by atoms with Crippen LogP contribution in [0.4, 0.5) is 13.2 Å². The number of imidazole rings is 1. The van der Waals surface area contributed by atoms with Crippen molar-refractivity contribution in [3.8, 4) is 17.5 Å². The summed E-state index contributed by atoms with van der Waals surface area (Å²) in [5.41, 5.74) is 1.11. The molecule has 0 spiro atoms. The largest absolute Gasteiger partial charge is 0.323 e. The van der Waals surface area contributed by atoms with Gasteiger partial charge in [0.1, 0.15) is 11.6 Å². The molecule has 0 saturated carbocycles. The Hall–Kier alpha value is -2.81. The van der Waals surface area contributed by atoms with E-state index in [0.29, 0.717) is 16.9 Å². The van der Waals surface area contributed by atoms with Gasteiger partial charge < -0.3 is 4.57 Å². The van der Waals surface area contributed by atoms with Crippen LogP contribution in [0.25, 0.3) is 22.4 Å². The second-order valence-electron chi connectivity index (χ2n) is 4.76. The Balaban J connectivity index is 2.26. The number of fused-ring (bicyclic) bond motifs is 1. The molecular formula is C16H10F3N3. The van der Waals surface area contributed by atoms with Gasteiger partial charge in [0.05, 0.1) is 23.5 Å². The normalized spacial score (nSPS) is 10.8. The average Bonchev–Trinajstić information content (AvgIpc) is 2.83. The molecule has 0 unspecified atom stereocenters. The minimum absolute atomic E-state index is 0.173. The molecule has 0 atom stereocenters. The van der Waals surface area contributed by atoms with Crippen LogP contribution in [-0.2, 0) is 6.54 Å². The van der Waals surface area contributed by atoms with Crippen LogP contribution in [0.1, 0.15) is 6.42 Å². The van der Waals surface area contributed by atoms with Crippen molar-refractivity contribution in [3.63, 3.8) is 0 Å². The second-order valence-corrected chi connectivity index (χ2v) is 4.76. The molecule has 110 valence electrons. The first-order valence-electron chi connectivity index (χ1n) is 6.58. The summed E-state index contributed by atoms with van der Waals surface area (Å²) in [5, 5.41) is 8.76. The Bertz CT molecular complexity index is 894. The fraction of sp³-hybridized carbons (Fsp3) is 0.125. The summed E-state index contributed by atoms with van der Waals surface area (Å²) in [4.78, 5) is 4.26. The monoisotopic (exact) mass is 301 g/mol. The highest BCUT2D eigenvalue weighted by Gasteiger charge is 2.16. The highest BCUT2D eigenvalue weighted by Crippen LogP contribution is 2.27. The van der Waals surface area contributed by atoms with Crippen LogP contribution in [0.5, 0.6) is 0 Å². The van der Waals surface area contributed by atoms with Gasteiger partial charge in [-0.1, -0.05) is 12.1 Å². The third-order valence-electron chi connectivity index (χ3n) is 3.32. The lowest BCUT2D eigenvalue weighted by molar-refractivity contribution is 0.510. The van der Waals surface area contributed by atoms with E-state index in [-0.39, 0.29) is 18.5 Å². The predicted octanol–water partition coefficient (Wildman–Crippen LogP) is 4.03.